The molecule has 1 atom stereocenters. The van der Waals surface area contributed by atoms with Crippen LogP contribution in [0.1, 0.15) is 39.2 Å². The summed E-state index contributed by atoms with van der Waals surface area (Å²) in [4.78, 5) is 0. The van der Waals surface area contributed by atoms with E-state index in [2.05, 4.69) is 25.2 Å². The van der Waals surface area contributed by atoms with Gasteiger partial charge in [-0.05, 0) is 37.3 Å². The van der Waals surface area contributed by atoms with Gasteiger partial charge in [-0.3, -0.25) is 0 Å². The van der Waals surface area contributed by atoms with Gasteiger partial charge in [-0.1, -0.05) is 19.9 Å². The largest absolute Gasteiger partial charge is 0.313 e. The summed E-state index contributed by atoms with van der Waals surface area (Å²) in [7, 11) is 0. The topological polar surface area (TPSA) is 35.8 Å². The van der Waals surface area contributed by atoms with Crippen molar-refractivity contribution >= 4 is 0 Å². The van der Waals surface area contributed by atoms with Gasteiger partial charge in [0.1, 0.15) is 11.6 Å². The molecule has 0 saturated heterocycles. The third kappa shape index (κ3) is 5.26. The Morgan fingerprint density at radius 3 is 2.45 bits per heavy atom. The highest BCUT2D eigenvalue weighted by molar-refractivity contribution is 5.20. The molecule has 0 spiro atoms. The van der Waals surface area contributed by atoms with Crippen LogP contribution in [0.3, 0.4) is 0 Å². The number of nitrogens with zero attached hydrogens (tertiary/aromatic N) is 1. The number of rotatable bonds is 7. The minimum atomic E-state index is -0.498. The van der Waals surface area contributed by atoms with Crippen molar-refractivity contribution in [2.45, 2.75) is 46.1 Å². The standard InChI is InChI=1S/C16H22F2N2/c1-12(20-11-16(2,3)8-5-9-19)10-13-14(17)6-4-7-15(13)18/h4,6-7,12,20H,5,8,10-11H2,1-3H3. The number of nitriles is 1. The number of hydrogen-bond donors (Lipinski definition) is 1. The third-order valence-corrected chi connectivity index (χ3v) is 3.41. The molecule has 0 aliphatic carbocycles. The second-order valence-electron chi connectivity index (χ2n) is 6.01. The number of nitrogens with one attached hydrogen (secondary N) is 1. The van der Waals surface area contributed by atoms with Crippen LogP contribution in [-0.4, -0.2) is 12.6 Å². The van der Waals surface area contributed by atoms with Crippen LogP contribution in [0.2, 0.25) is 0 Å². The highest BCUT2D eigenvalue weighted by Crippen LogP contribution is 2.21. The van der Waals surface area contributed by atoms with E-state index in [1.165, 1.54) is 18.2 Å². The van der Waals surface area contributed by atoms with Gasteiger partial charge in [-0.25, -0.2) is 8.78 Å². The Kier molecular flexibility index (Phi) is 6.09. The van der Waals surface area contributed by atoms with E-state index in [1.807, 2.05) is 6.92 Å². The number of benzene rings is 1. The van der Waals surface area contributed by atoms with Gasteiger partial charge in [-0.15, -0.1) is 0 Å². The van der Waals surface area contributed by atoms with Crippen LogP contribution in [0.5, 0.6) is 0 Å². The predicted molar refractivity (Wildman–Crippen MR) is 76.2 cm³/mol. The van der Waals surface area contributed by atoms with E-state index in [0.717, 1.165) is 6.42 Å². The molecule has 1 rings (SSSR count). The minimum absolute atomic E-state index is 0.00222. The Bertz CT molecular complexity index is 458. The van der Waals surface area contributed by atoms with Crippen LogP contribution in [-0.2, 0) is 6.42 Å². The first-order chi connectivity index (χ1) is 9.35. The highest BCUT2D eigenvalue weighted by Gasteiger charge is 2.19. The Morgan fingerprint density at radius 1 is 1.30 bits per heavy atom. The molecule has 1 aromatic rings. The van der Waals surface area contributed by atoms with Crippen LogP contribution in [0.25, 0.3) is 0 Å². The lowest BCUT2D eigenvalue weighted by Gasteiger charge is -2.26. The van der Waals surface area contributed by atoms with E-state index >= 15 is 0 Å². The summed E-state index contributed by atoms with van der Waals surface area (Å²) in [5.41, 5.74) is 0.125. The molecule has 0 fully saturated rings. The van der Waals surface area contributed by atoms with Crippen molar-refractivity contribution in [3.63, 3.8) is 0 Å². The molecule has 0 amide bonds. The van der Waals surface area contributed by atoms with E-state index in [1.54, 1.807) is 0 Å². The second-order valence-corrected chi connectivity index (χ2v) is 6.01. The lowest BCUT2D eigenvalue weighted by Crippen LogP contribution is -2.36. The molecular weight excluding hydrogens is 258 g/mol. The first-order valence-electron chi connectivity index (χ1n) is 6.89. The van der Waals surface area contributed by atoms with Gasteiger partial charge >= 0.3 is 0 Å². The van der Waals surface area contributed by atoms with Crippen molar-refractivity contribution in [2.24, 2.45) is 5.41 Å². The molecule has 2 nitrogen and oxygen atoms in total. The van der Waals surface area contributed by atoms with Gasteiger partial charge in [-0.2, -0.15) is 5.26 Å². The smallest absolute Gasteiger partial charge is 0.129 e. The first-order valence-corrected chi connectivity index (χ1v) is 6.89. The summed E-state index contributed by atoms with van der Waals surface area (Å²) in [6, 6.07) is 6.05. The Labute approximate surface area is 119 Å². The fourth-order valence-electron chi connectivity index (χ4n) is 2.04. The fraction of sp³-hybridized carbons (Fsp3) is 0.562. The predicted octanol–water partition coefficient (Wildman–Crippen LogP) is 3.82. The average Bonchev–Trinajstić information content (AvgIpc) is 2.39. The van der Waals surface area contributed by atoms with Crippen molar-refractivity contribution in [2.75, 3.05) is 6.54 Å². The summed E-state index contributed by atoms with van der Waals surface area (Å²) >= 11 is 0. The molecule has 0 aliphatic rings. The normalized spacial score (nSPS) is 13.0. The maximum Gasteiger partial charge on any atom is 0.129 e. The third-order valence-electron chi connectivity index (χ3n) is 3.41. The molecule has 1 N–H and O–H groups in total. The van der Waals surface area contributed by atoms with Crippen LogP contribution in [0, 0.1) is 28.4 Å². The van der Waals surface area contributed by atoms with E-state index in [4.69, 9.17) is 5.26 Å². The summed E-state index contributed by atoms with van der Waals surface area (Å²) in [5.74, 6) is -0.996. The van der Waals surface area contributed by atoms with Gasteiger partial charge in [0.05, 0.1) is 6.07 Å². The molecule has 0 saturated carbocycles. The first kappa shape index (κ1) is 16.6. The molecule has 1 unspecified atom stereocenters. The molecule has 110 valence electrons. The number of hydrogen-bond acceptors (Lipinski definition) is 2. The van der Waals surface area contributed by atoms with Gasteiger partial charge in [0.25, 0.3) is 0 Å². The van der Waals surface area contributed by atoms with E-state index in [0.29, 0.717) is 19.4 Å². The molecule has 20 heavy (non-hydrogen) atoms. The zero-order valence-corrected chi connectivity index (χ0v) is 12.3. The van der Waals surface area contributed by atoms with Crippen LogP contribution in [0.15, 0.2) is 18.2 Å². The van der Waals surface area contributed by atoms with Crippen molar-refractivity contribution in [3.8, 4) is 6.07 Å². The van der Waals surface area contributed by atoms with Crippen molar-refractivity contribution in [1.82, 2.24) is 5.32 Å². The second kappa shape index (κ2) is 7.35. The molecule has 0 radical (unpaired) electrons. The summed E-state index contributed by atoms with van der Waals surface area (Å²) < 4.78 is 27.1. The molecular formula is C16H22F2N2. The molecule has 0 aromatic heterocycles. The van der Waals surface area contributed by atoms with Crippen LogP contribution in [0.4, 0.5) is 8.78 Å². The SMILES string of the molecule is CC(Cc1c(F)cccc1F)NCC(C)(C)CCC#N. The van der Waals surface area contributed by atoms with E-state index in [-0.39, 0.29) is 17.0 Å². The minimum Gasteiger partial charge on any atom is -0.313 e. The van der Waals surface area contributed by atoms with Gasteiger partial charge in [0.15, 0.2) is 0 Å². The van der Waals surface area contributed by atoms with Gasteiger partial charge in [0.2, 0.25) is 0 Å². The van der Waals surface area contributed by atoms with Crippen molar-refractivity contribution in [3.05, 3.63) is 35.4 Å². The Morgan fingerprint density at radius 2 is 1.90 bits per heavy atom. The monoisotopic (exact) mass is 280 g/mol. The highest BCUT2D eigenvalue weighted by atomic mass is 19.1. The van der Waals surface area contributed by atoms with Gasteiger partial charge < -0.3 is 5.32 Å². The fourth-order valence-corrected chi connectivity index (χ4v) is 2.04. The number of halogens is 2. The summed E-state index contributed by atoms with van der Waals surface area (Å²) in [5, 5.41) is 11.9. The van der Waals surface area contributed by atoms with Crippen molar-refractivity contribution in [1.29, 1.82) is 5.26 Å². The summed E-state index contributed by atoms with van der Waals surface area (Å²) in [6.07, 6.45) is 1.63. The van der Waals surface area contributed by atoms with Gasteiger partial charge in [0, 0.05) is 24.6 Å². The summed E-state index contributed by atoms with van der Waals surface area (Å²) in [6.45, 7) is 6.78. The van der Waals surface area contributed by atoms with E-state index in [9.17, 15) is 8.78 Å². The molecule has 1 aromatic carbocycles. The Balaban J connectivity index is 2.52. The zero-order chi connectivity index (χ0) is 15.2. The molecule has 0 heterocycles. The average molecular weight is 280 g/mol. The lowest BCUT2D eigenvalue weighted by molar-refractivity contribution is 0.302. The molecule has 4 heteroatoms. The lowest BCUT2D eigenvalue weighted by atomic mass is 9.87. The maximum absolute atomic E-state index is 13.5. The van der Waals surface area contributed by atoms with E-state index < -0.39 is 11.6 Å². The van der Waals surface area contributed by atoms with Crippen LogP contribution < -0.4 is 5.32 Å². The van der Waals surface area contributed by atoms with Crippen LogP contribution >= 0.6 is 0 Å². The molecule has 0 aliphatic heterocycles. The zero-order valence-electron chi connectivity index (χ0n) is 12.3. The molecule has 0 bridgehead atoms. The quantitative estimate of drug-likeness (QED) is 0.824. The Hall–Kier alpha value is -1.47. The maximum atomic E-state index is 13.5. The van der Waals surface area contributed by atoms with Crippen molar-refractivity contribution < 1.29 is 8.78 Å².